The maximum atomic E-state index is 11.5. The fourth-order valence-electron chi connectivity index (χ4n) is 2.37. The summed E-state index contributed by atoms with van der Waals surface area (Å²) in [5, 5.41) is 32.4. The van der Waals surface area contributed by atoms with E-state index in [1.807, 2.05) is 0 Å². The number of aliphatic hydroxyl groups is 2. The SMILES string of the molecule is CC(C)(C)OC(=O)NCCC(O)C(O)c1ccc2oc(C(=O)O)cc2c1. The Morgan fingerprint density at radius 1 is 1.23 bits per heavy atom. The molecule has 2 rings (SSSR count). The number of aliphatic hydroxyl groups excluding tert-OH is 2. The minimum atomic E-state index is -1.19. The zero-order valence-electron chi connectivity index (χ0n) is 14.9. The van der Waals surface area contributed by atoms with Gasteiger partial charge in [0.1, 0.15) is 17.3 Å². The third-order valence-electron chi connectivity index (χ3n) is 3.57. The third-order valence-corrected chi connectivity index (χ3v) is 3.57. The topological polar surface area (TPSA) is 129 Å². The maximum Gasteiger partial charge on any atom is 0.407 e. The summed E-state index contributed by atoms with van der Waals surface area (Å²) < 4.78 is 10.2. The number of ether oxygens (including phenoxy) is 1. The Kier molecular flexibility index (Phi) is 5.89. The summed E-state index contributed by atoms with van der Waals surface area (Å²) in [4.78, 5) is 22.5. The fraction of sp³-hybridized carbons (Fsp3) is 0.444. The molecule has 142 valence electrons. The largest absolute Gasteiger partial charge is 0.475 e. The summed E-state index contributed by atoms with van der Waals surface area (Å²) in [6.07, 6.45) is -2.79. The molecule has 0 aliphatic carbocycles. The van der Waals surface area contributed by atoms with Crippen molar-refractivity contribution in [2.75, 3.05) is 6.54 Å². The number of amides is 1. The van der Waals surface area contributed by atoms with Crippen LogP contribution in [0.3, 0.4) is 0 Å². The van der Waals surface area contributed by atoms with Crippen molar-refractivity contribution in [3.63, 3.8) is 0 Å². The highest BCUT2D eigenvalue weighted by Gasteiger charge is 2.21. The summed E-state index contributed by atoms with van der Waals surface area (Å²) in [6, 6.07) is 5.99. The van der Waals surface area contributed by atoms with Crippen LogP contribution in [0.15, 0.2) is 28.7 Å². The van der Waals surface area contributed by atoms with Gasteiger partial charge in [0.05, 0.1) is 6.10 Å². The van der Waals surface area contributed by atoms with Crippen LogP contribution >= 0.6 is 0 Å². The molecule has 0 aliphatic heterocycles. The van der Waals surface area contributed by atoms with E-state index in [-0.39, 0.29) is 18.7 Å². The first kappa shape index (κ1) is 19.7. The van der Waals surface area contributed by atoms with E-state index in [4.69, 9.17) is 14.3 Å². The molecule has 0 saturated carbocycles. The Morgan fingerprint density at radius 2 is 1.92 bits per heavy atom. The van der Waals surface area contributed by atoms with Crippen LogP contribution in [0.2, 0.25) is 0 Å². The van der Waals surface area contributed by atoms with Gasteiger partial charge in [-0.3, -0.25) is 0 Å². The zero-order valence-corrected chi connectivity index (χ0v) is 14.9. The van der Waals surface area contributed by atoms with E-state index >= 15 is 0 Å². The second-order valence-electron chi connectivity index (χ2n) is 6.94. The summed E-state index contributed by atoms with van der Waals surface area (Å²) in [5.74, 6) is -1.38. The van der Waals surface area contributed by atoms with Crippen LogP contribution in [-0.4, -0.2) is 45.6 Å². The van der Waals surface area contributed by atoms with Crippen LogP contribution in [0.25, 0.3) is 11.0 Å². The number of carbonyl (C=O) groups excluding carboxylic acids is 1. The Hall–Kier alpha value is -2.58. The predicted molar refractivity (Wildman–Crippen MR) is 93.0 cm³/mol. The first-order valence-electron chi connectivity index (χ1n) is 8.16. The molecule has 0 fully saturated rings. The normalized spacial score (nSPS) is 14.0. The molecule has 8 nitrogen and oxygen atoms in total. The quantitative estimate of drug-likeness (QED) is 0.619. The van der Waals surface area contributed by atoms with Gasteiger partial charge in [-0.1, -0.05) is 6.07 Å². The van der Waals surface area contributed by atoms with Gasteiger partial charge in [0.25, 0.3) is 0 Å². The van der Waals surface area contributed by atoms with Gasteiger partial charge in [0.15, 0.2) is 0 Å². The lowest BCUT2D eigenvalue weighted by molar-refractivity contribution is 0.0124. The maximum absolute atomic E-state index is 11.5. The van der Waals surface area contributed by atoms with E-state index in [2.05, 4.69) is 5.32 Å². The number of alkyl carbamates (subject to hydrolysis) is 1. The highest BCUT2D eigenvalue weighted by molar-refractivity contribution is 5.91. The lowest BCUT2D eigenvalue weighted by Crippen LogP contribution is -2.34. The van der Waals surface area contributed by atoms with E-state index in [1.54, 1.807) is 32.9 Å². The third kappa shape index (κ3) is 5.21. The molecule has 8 heteroatoms. The summed E-state index contributed by atoms with van der Waals surface area (Å²) >= 11 is 0. The molecular formula is C18H23NO7. The van der Waals surface area contributed by atoms with Crippen molar-refractivity contribution in [1.29, 1.82) is 0 Å². The molecule has 1 amide bonds. The average molecular weight is 365 g/mol. The van der Waals surface area contributed by atoms with Crippen molar-refractivity contribution in [3.05, 3.63) is 35.6 Å². The number of rotatable bonds is 6. The fourth-order valence-corrected chi connectivity index (χ4v) is 2.37. The number of aromatic carboxylic acids is 1. The standard InChI is InChI=1S/C18H23NO7/c1-18(2,3)26-17(24)19-7-6-12(20)15(21)10-4-5-13-11(8-10)9-14(25-13)16(22)23/h4-5,8-9,12,15,20-21H,6-7H2,1-3H3,(H,19,24)(H,22,23). The predicted octanol–water partition coefficient (Wildman–Crippen LogP) is 2.44. The van der Waals surface area contributed by atoms with Crippen LogP contribution in [0.5, 0.6) is 0 Å². The van der Waals surface area contributed by atoms with Gasteiger partial charge in [-0.2, -0.15) is 0 Å². The smallest absolute Gasteiger partial charge is 0.407 e. The van der Waals surface area contributed by atoms with Crippen molar-refractivity contribution in [2.45, 2.75) is 45.0 Å². The van der Waals surface area contributed by atoms with Gasteiger partial charge in [-0.25, -0.2) is 9.59 Å². The van der Waals surface area contributed by atoms with E-state index < -0.39 is 29.9 Å². The first-order chi connectivity index (χ1) is 12.1. The number of carboxylic acids is 1. The number of carbonyl (C=O) groups is 2. The first-order valence-corrected chi connectivity index (χ1v) is 8.16. The van der Waals surface area contributed by atoms with Gasteiger partial charge in [0.2, 0.25) is 5.76 Å². The zero-order chi connectivity index (χ0) is 19.5. The molecule has 26 heavy (non-hydrogen) atoms. The average Bonchev–Trinajstić information content (AvgIpc) is 2.95. The van der Waals surface area contributed by atoms with Crippen LogP contribution < -0.4 is 5.32 Å². The minimum Gasteiger partial charge on any atom is -0.475 e. The summed E-state index contributed by atoms with van der Waals surface area (Å²) in [6.45, 7) is 5.36. The number of hydrogen-bond donors (Lipinski definition) is 4. The van der Waals surface area contributed by atoms with Crippen molar-refractivity contribution in [3.8, 4) is 0 Å². The Morgan fingerprint density at radius 3 is 2.54 bits per heavy atom. The molecule has 0 aliphatic rings. The summed E-state index contributed by atoms with van der Waals surface area (Å²) in [5.41, 5.74) is 0.177. The van der Waals surface area contributed by atoms with Crippen LogP contribution in [-0.2, 0) is 4.74 Å². The highest BCUT2D eigenvalue weighted by atomic mass is 16.6. The second kappa shape index (κ2) is 7.76. The lowest BCUT2D eigenvalue weighted by atomic mass is 10.0. The molecule has 0 spiro atoms. The molecule has 0 bridgehead atoms. The number of benzene rings is 1. The Bertz CT molecular complexity index is 790. The van der Waals surface area contributed by atoms with Crippen LogP contribution in [0.1, 0.15) is 49.4 Å². The van der Waals surface area contributed by atoms with Gasteiger partial charge >= 0.3 is 12.1 Å². The van der Waals surface area contributed by atoms with Crippen LogP contribution in [0, 0.1) is 0 Å². The number of nitrogens with one attached hydrogen (secondary N) is 1. The van der Waals surface area contributed by atoms with Gasteiger partial charge < -0.3 is 29.8 Å². The lowest BCUT2D eigenvalue weighted by Gasteiger charge is -2.21. The van der Waals surface area contributed by atoms with Gasteiger partial charge in [0, 0.05) is 11.9 Å². The van der Waals surface area contributed by atoms with Crippen molar-refractivity contribution in [2.24, 2.45) is 0 Å². The monoisotopic (exact) mass is 365 g/mol. The van der Waals surface area contributed by atoms with Crippen molar-refractivity contribution >= 4 is 23.0 Å². The van der Waals surface area contributed by atoms with Gasteiger partial charge in [-0.15, -0.1) is 0 Å². The number of carboxylic acid groups (broad SMARTS) is 1. The number of fused-ring (bicyclic) bond motifs is 1. The molecule has 0 saturated heterocycles. The minimum absolute atomic E-state index is 0.115. The van der Waals surface area contributed by atoms with E-state index in [0.29, 0.717) is 16.5 Å². The second-order valence-corrected chi connectivity index (χ2v) is 6.94. The molecule has 0 radical (unpaired) electrons. The molecule has 1 aromatic carbocycles. The van der Waals surface area contributed by atoms with Crippen LogP contribution in [0.4, 0.5) is 4.79 Å². The van der Waals surface area contributed by atoms with Crippen molar-refractivity contribution in [1.82, 2.24) is 5.32 Å². The Balaban J connectivity index is 1.95. The molecule has 2 atom stereocenters. The van der Waals surface area contributed by atoms with E-state index in [0.717, 1.165) is 0 Å². The number of furan rings is 1. The molecule has 1 aromatic heterocycles. The molecule has 2 unspecified atom stereocenters. The van der Waals surface area contributed by atoms with Crippen molar-refractivity contribution < 1.29 is 34.1 Å². The van der Waals surface area contributed by atoms with E-state index in [9.17, 15) is 19.8 Å². The molecule has 2 aromatic rings. The molecule has 1 heterocycles. The highest BCUT2D eigenvalue weighted by Crippen LogP contribution is 2.26. The van der Waals surface area contributed by atoms with E-state index in [1.165, 1.54) is 12.1 Å². The number of hydrogen-bond acceptors (Lipinski definition) is 6. The molecular weight excluding hydrogens is 342 g/mol. The Labute approximate surface area is 150 Å². The van der Waals surface area contributed by atoms with Gasteiger partial charge in [-0.05, 0) is 51.0 Å². The summed E-state index contributed by atoms with van der Waals surface area (Å²) in [7, 11) is 0. The molecule has 4 N–H and O–H groups in total.